The van der Waals surface area contributed by atoms with Crippen molar-refractivity contribution in [3.8, 4) is 0 Å². The molecule has 3 nitrogen and oxygen atoms in total. The maximum Gasteiger partial charge on any atom is 0.320 e. The maximum absolute atomic E-state index is 11.3. The van der Waals surface area contributed by atoms with E-state index in [4.69, 9.17) is 10.8 Å². The fourth-order valence-corrected chi connectivity index (χ4v) is 0.241. The summed E-state index contributed by atoms with van der Waals surface area (Å²) in [4.78, 5) is 9.80. The van der Waals surface area contributed by atoms with Crippen LogP contribution in [0.4, 0.5) is 4.39 Å². The Morgan fingerprint density at radius 2 is 2.38 bits per heavy atom. The third kappa shape index (κ3) is 2.52. The van der Waals surface area contributed by atoms with Crippen LogP contribution in [-0.2, 0) is 4.79 Å². The number of aliphatic carboxylic acids is 1. The van der Waals surface area contributed by atoms with Gasteiger partial charge in [0.1, 0.15) is 6.04 Å². The van der Waals surface area contributed by atoms with E-state index in [1.807, 2.05) is 0 Å². The van der Waals surface area contributed by atoms with Crippen LogP contribution < -0.4 is 5.73 Å². The number of carboxylic acids is 1. The second kappa shape index (κ2) is 3.37. The number of halogens is 1. The van der Waals surface area contributed by atoms with Gasteiger partial charge in [0.25, 0.3) is 0 Å². The molecular formula is C4H8FNO2. The number of hydrogen-bond donors (Lipinski definition) is 2. The molecule has 0 aliphatic carbocycles. The van der Waals surface area contributed by atoms with E-state index in [0.29, 0.717) is 0 Å². The molecule has 0 aliphatic heterocycles. The highest BCUT2D eigenvalue weighted by molar-refractivity contribution is 5.72. The quantitative estimate of drug-likeness (QED) is 0.541. The monoisotopic (exact) mass is 121 g/mol. The van der Waals surface area contributed by atoms with Crippen LogP contribution in [0.5, 0.6) is 0 Å². The summed E-state index contributed by atoms with van der Waals surface area (Å²) >= 11 is 0. The number of rotatable bonds is 3. The number of carboxylic acid groups (broad SMARTS) is 1. The zero-order valence-electron chi connectivity index (χ0n) is 4.30. The first-order chi connectivity index (χ1) is 3.68. The van der Waals surface area contributed by atoms with Gasteiger partial charge in [-0.25, -0.2) is 0 Å². The highest BCUT2D eigenvalue weighted by Gasteiger charge is 2.08. The van der Waals surface area contributed by atoms with Crippen LogP contribution in [0.1, 0.15) is 6.42 Å². The Hall–Kier alpha value is -0.640. The van der Waals surface area contributed by atoms with Gasteiger partial charge in [0, 0.05) is 6.42 Å². The third-order valence-electron chi connectivity index (χ3n) is 0.737. The van der Waals surface area contributed by atoms with Gasteiger partial charge >= 0.3 is 5.97 Å². The summed E-state index contributed by atoms with van der Waals surface area (Å²) in [7, 11) is 0. The lowest BCUT2D eigenvalue weighted by Crippen LogP contribution is -2.30. The molecule has 1 unspecified atom stereocenters. The molecule has 48 valence electrons. The summed E-state index contributed by atoms with van der Waals surface area (Å²) in [6, 6.07) is -1.04. The molecule has 0 spiro atoms. The molecule has 0 bridgehead atoms. The lowest BCUT2D eigenvalue weighted by molar-refractivity contribution is -0.138. The minimum atomic E-state index is -1.15. The van der Waals surface area contributed by atoms with Gasteiger partial charge in [0.05, 0.1) is 6.67 Å². The van der Waals surface area contributed by atoms with Crippen molar-refractivity contribution in [1.29, 1.82) is 0 Å². The SMILES string of the molecule is NC(CCF)C(=O)O. The minimum absolute atomic E-state index is 0.102. The van der Waals surface area contributed by atoms with Crippen molar-refractivity contribution in [3.05, 3.63) is 0 Å². The van der Waals surface area contributed by atoms with Gasteiger partial charge in [0.2, 0.25) is 0 Å². The normalized spacial score (nSPS) is 13.2. The summed E-state index contributed by atoms with van der Waals surface area (Å²) in [5.74, 6) is -1.15. The summed E-state index contributed by atoms with van der Waals surface area (Å²) in [6.07, 6.45) is -0.102. The van der Waals surface area contributed by atoms with Crippen molar-refractivity contribution in [2.24, 2.45) is 5.73 Å². The topological polar surface area (TPSA) is 63.3 Å². The average molecular weight is 121 g/mol. The van der Waals surface area contributed by atoms with Crippen LogP contribution >= 0.6 is 0 Å². The standard InChI is InChI=1S/C4H8FNO2/c5-2-1-3(6)4(7)8/h3H,1-2,6H2,(H,7,8). The van der Waals surface area contributed by atoms with Crippen molar-refractivity contribution in [2.75, 3.05) is 6.67 Å². The van der Waals surface area contributed by atoms with Gasteiger partial charge < -0.3 is 10.8 Å². The Balaban J connectivity index is 3.32. The Morgan fingerprint density at radius 3 is 2.50 bits per heavy atom. The molecule has 0 fully saturated rings. The molecule has 0 radical (unpaired) electrons. The second-order valence-corrected chi connectivity index (χ2v) is 1.42. The minimum Gasteiger partial charge on any atom is -0.480 e. The highest BCUT2D eigenvalue weighted by atomic mass is 19.1. The first-order valence-electron chi connectivity index (χ1n) is 2.23. The molecule has 0 aliphatic rings. The van der Waals surface area contributed by atoms with Crippen molar-refractivity contribution in [3.63, 3.8) is 0 Å². The molecule has 1 atom stereocenters. The smallest absolute Gasteiger partial charge is 0.320 e. The number of carbonyl (C=O) groups is 1. The van der Waals surface area contributed by atoms with Crippen LogP contribution in [0.15, 0.2) is 0 Å². The molecule has 0 aromatic carbocycles. The van der Waals surface area contributed by atoms with Crippen molar-refractivity contribution >= 4 is 5.97 Å². The molecule has 0 aromatic heterocycles. The first-order valence-corrected chi connectivity index (χ1v) is 2.23. The van der Waals surface area contributed by atoms with Gasteiger partial charge in [-0.2, -0.15) is 0 Å². The average Bonchev–Trinajstić information content (AvgIpc) is 1.67. The Labute approximate surface area is 46.3 Å². The van der Waals surface area contributed by atoms with E-state index in [1.54, 1.807) is 0 Å². The molecule has 0 rings (SSSR count). The predicted molar refractivity (Wildman–Crippen MR) is 26.2 cm³/mol. The molecule has 0 saturated heterocycles. The van der Waals surface area contributed by atoms with Crippen LogP contribution in [-0.4, -0.2) is 23.8 Å². The lowest BCUT2D eigenvalue weighted by atomic mass is 10.2. The van der Waals surface area contributed by atoms with E-state index in [-0.39, 0.29) is 6.42 Å². The van der Waals surface area contributed by atoms with Gasteiger partial charge in [-0.1, -0.05) is 0 Å². The van der Waals surface area contributed by atoms with Gasteiger partial charge in [-0.15, -0.1) is 0 Å². The molecule has 0 aromatic rings. The van der Waals surface area contributed by atoms with Gasteiger partial charge in [-0.05, 0) is 0 Å². The summed E-state index contributed by atoms with van der Waals surface area (Å²) in [6.45, 7) is -0.673. The van der Waals surface area contributed by atoms with E-state index >= 15 is 0 Å². The Kier molecular flexibility index (Phi) is 3.10. The zero-order valence-corrected chi connectivity index (χ0v) is 4.30. The van der Waals surface area contributed by atoms with E-state index in [0.717, 1.165) is 0 Å². The molecule has 0 saturated carbocycles. The predicted octanol–water partition coefficient (Wildman–Crippen LogP) is -0.242. The molecule has 0 heterocycles. The van der Waals surface area contributed by atoms with Crippen molar-refractivity contribution < 1.29 is 14.3 Å². The first kappa shape index (κ1) is 7.36. The Morgan fingerprint density at radius 1 is 1.88 bits per heavy atom. The number of alkyl halides is 1. The molecule has 8 heavy (non-hydrogen) atoms. The maximum atomic E-state index is 11.3. The summed E-state index contributed by atoms with van der Waals surface area (Å²) in [5.41, 5.74) is 4.89. The molecule has 3 N–H and O–H groups in total. The molecule has 0 amide bonds. The third-order valence-corrected chi connectivity index (χ3v) is 0.737. The summed E-state index contributed by atoms with van der Waals surface area (Å²) in [5, 5.41) is 8.02. The van der Waals surface area contributed by atoms with Crippen molar-refractivity contribution in [1.82, 2.24) is 0 Å². The van der Waals surface area contributed by atoms with E-state index in [2.05, 4.69) is 0 Å². The number of hydrogen-bond acceptors (Lipinski definition) is 2. The number of nitrogens with two attached hydrogens (primary N) is 1. The lowest BCUT2D eigenvalue weighted by Gasteiger charge is -1.99. The van der Waals surface area contributed by atoms with Crippen LogP contribution in [0, 0.1) is 0 Å². The van der Waals surface area contributed by atoms with Crippen LogP contribution in [0.25, 0.3) is 0 Å². The fourth-order valence-electron chi connectivity index (χ4n) is 0.241. The molecule has 4 heteroatoms. The van der Waals surface area contributed by atoms with E-state index in [1.165, 1.54) is 0 Å². The van der Waals surface area contributed by atoms with Gasteiger partial charge in [0.15, 0.2) is 0 Å². The molecular weight excluding hydrogens is 113 g/mol. The van der Waals surface area contributed by atoms with Crippen LogP contribution in [0.2, 0.25) is 0 Å². The van der Waals surface area contributed by atoms with Gasteiger partial charge in [-0.3, -0.25) is 9.18 Å². The Bertz CT molecular complexity index is 86.1. The zero-order chi connectivity index (χ0) is 6.57. The largest absolute Gasteiger partial charge is 0.480 e. The fraction of sp³-hybridized carbons (Fsp3) is 0.750. The second-order valence-electron chi connectivity index (χ2n) is 1.42. The van der Waals surface area contributed by atoms with Crippen LogP contribution in [0.3, 0.4) is 0 Å². The summed E-state index contributed by atoms with van der Waals surface area (Å²) < 4.78 is 11.3. The highest BCUT2D eigenvalue weighted by Crippen LogP contribution is 1.86. The van der Waals surface area contributed by atoms with E-state index in [9.17, 15) is 9.18 Å². The van der Waals surface area contributed by atoms with E-state index < -0.39 is 18.7 Å². The van der Waals surface area contributed by atoms with Crippen molar-refractivity contribution in [2.45, 2.75) is 12.5 Å².